The highest BCUT2D eigenvalue weighted by Crippen LogP contribution is 2.09. The van der Waals surface area contributed by atoms with E-state index in [9.17, 15) is 4.79 Å². The average Bonchev–Trinajstić information content (AvgIpc) is 2.48. The number of hydrogen-bond donors (Lipinski definition) is 2. The Bertz CT molecular complexity index is 426. The van der Waals surface area contributed by atoms with E-state index in [0.717, 1.165) is 25.2 Å². The van der Waals surface area contributed by atoms with Crippen LogP contribution in [0.3, 0.4) is 0 Å². The zero-order valence-electron chi connectivity index (χ0n) is 12.1. The minimum absolute atomic E-state index is 0.113. The number of nitrogens with one attached hydrogen (secondary N) is 1. The fraction of sp³-hybridized carbons (Fsp3) is 0.600. The van der Waals surface area contributed by atoms with Crippen molar-refractivity contribution in [1.82, 2.24) is 15.2 Å². The van der Waals surface area contributed by atoms with Gasteiger partial charge in [0.1, 0.15) is 5.69 Å². The first kappa shape index (κ1) is 14.9. The van der Waals surface area contributed by atoms with Crippen LogP contribution in [-0.4, -0.2) is 41.5 Å². The molecule has 0 bridgehead atoms. The summed E-state index contributed by atoms with van der Waals surface area (Å²) in [5, 5.41) is 3.01. The van der Waals surface area contributed by atoms with Crippen LogP contribution in [0.15, 0.2) is 18.3 Å². The Balaban J connectivity index is 1.82. The summed E-state index contributed by atoms with van der Waals surface area (Å²) in [6.45, 7) is 5.68. The molecular weight excluding hydrogens is 252 g/mol. The molecule has 2 heterocycles. The second-order valence-electron chi connectivity index (χ2n) is 5.49. The van der Waals surface area contributed by atoms with Gasteiger partial charge in [0.15, 0.2) is 0 Å². The first-order valence-corrected chi connectivity index (χ1v) is 7.37. The minimum Gasteiger partial charge on any atom is -0.347 e. The van der Waals surface area contributed by atoms with Crippen molar-refractivity contribution in [3.63, 3.8) is 0 Å². The molecule has 0 spiro atoms. The van der Waals surface area contributed by atoms with Crippen molar-refractivity contribution in [2.75, 3.05) is 19.6 Å². The van der Waals surface area contributed by atoms with Gasteiger partial charge in [-0.2, -0.15) is 0 Å². The Kier molecular flexibility index (Phi) is 5.49. The van der Waals surface area contributed by atoms with Crippen LogP contribution in [0, 0.1) is 0 Å². The van der Waals surface area contributed by atoms with E-state index in [4.69, 9.17) is 5.73 Å². The molecule has 1 aromatic rings. The van der Waals surface area contributed by atoms with Crippen LogP contribution in [0.4, 0.5) is 0 Å². The normalized spacial score (nSPS) is 17.7. The van der Waals surface area contributed by atoms with Crippen LogP contribution in [0.1, 0.15) is 42.2 Å². The first-order valence-electron chi connectivity index (χ1n) is 7.37. The maximum absolute atomic E-state index is 12.1. The summed E-state index contributed by atoms with van der Waals surface area (Å²) < 4.78 is 0. The van der Waals surface area contributed by atoms with Crippen LogP contribution in [0.25, 0.3) is 0 Å². The summed E-state index contributed by atoms with van der Waals surface area (Å²) in [6, 6.07) is 3.71. The van der Waals surface area contributed by atoms with E-state index in [-0.39, 0.29) is 11.9 Å². The highest BCUT2D eigenvalue weighted by atomic mass is 16.1. The molecule has 0 radical (unpaired) electrons. The molecule has 2 rings (SSSR count). The lowest BCUT2D eigenvalue weighted by Crippen LogP contribution is -2.43. The van der Waals surface area contributed by atoms with Gasteiger partial charge in [0.05, 0.1) is 0 Å². The molecule has 110 valence electrons. The fourth-order valence-electron chi connectivity index (χ4n) is 2.55. The van der Waals surface area contributed by atoms with Gasteiger partial charge in [0, 0.05) is 25.3 Å². The topological polar surface area (TPSA) is 71.2 Å². The molecule has 1 aliphatic heterocycles. The molecule has 0 aromatic carbocycles. The van der Waals surface area contributed by atoms with Crippen LogP contribution in [-0.2, 0) is 6.54 Å². The smallest absolute Gasteiger partial charge is 0.270 e. The molecule has 0 saturated carbocycles. The van der Waals surface area contributed by atoms with E-state index < -0.39 is 0 Å². The van der Waals surface area contributed by atoms with Crippen molar-refractivity contribution in [2.24, 2.45) is 5.73 Å². The second-order valence-corrected chi connectivity index (χ2v) is 5.49. The predicted octanol–water partition coefficient (Wildman–Crippen LogP) is 1.14. The minimum atomic E-state index is -0.113. The molecule has 1 unspecified atom stereocenters. The lowest BCUT2D eigenvalue weighted by atomic mass is 10.1. The van der Waals surface area contributed by atoms with Crippen LogP contribution in [0.5, 0.6) is 0 Å². The van der Waals surface area contributed by atoms with Crippen molar-refractivity contribution in [2.45, 2.75) is 38.8 Å². The monoisotopic (exact) mass is 276 g/mol. The molecule has 5 nitrogen and oxygen atoms in total. The van der Waals surface area contributed by atoms with Gasteiger partial charge >= 0.3 is 0 Å². The SMILES string of the molecule is CC(CN1CCCCC1)NC(=O)c1ccc(CN)cn1. The third kappa shape index (κ3) is 4.28. The number of amides is 1. The molecule has 1 fully saturated rings. The molecule has 1 aromatic heterocycles. The summed E-state index contributed by atoms with van der Waals surface area (Å²) in [7, 11) is 0. The summed E-state index contributed by atoms with van der Waals surface area (Å²) in [6.07, 6.45) is 5.52. The molecule has 20 heavy (non-hydrogen) atoms. The lowest BCUT2D eigenvalue weighted by Gasteiger charge is -2.29. The van der Waals surface area contributed by atoms with E-state index in [1.54, 1.807) is 12.3 Å². The quantitative estimate of drug-likeness (QED) is 0.846. The summed E-state index contributed by atoms with van der Waals surface area (Å²) >= 11 is 0. The largest absolute Gasteiger partial charge is 0.347 e. The number of carbonyl (C=O) groups is 1. The number of piperidine rings is 1. The van der Waals surface area contributed by atoms with Gasteiger partial charge in [-0.05, 0) is 44.5 Å². The lowest BCUT2D eigenvalue weighted by molar-refractivity contribution is 0.0920. The average molecular weight is 276 g/mol. The van der Waals surface area contributed by atoms with Gasteiger partial charge < -0.3 is 16.0 Å². The van der Waals surface area contributed by atoms with Crippen molar-refractivity contribution < 1.29 is 4.79 Å². The standard InChI is InChI=1S/C15H24N4O/c1-12(11-19-7-3-2-4-8-19)18-15(20)14-6-5-13(9-16)10-17-14/h5-6,10,12H,2-4,7-9,11,16H2,1H3,(H,18,20). The highest BCUT2D eigenvalue weighted by molar-refractivity contribution is 5.92. The van der Waals surface area contributed by atoms with Gasteiger partial charge in [-0.15, -0.1) is 0 Å². The molecule has 1 saturated heterocycles. The van der Waals surface area contributed by atoms with Crippen molar-refractivity contribution in [3.05, 3.63) is 29.6 Å². The van der Waals surface area contributed by atoms with Crippen LogP contribution >= 0.6 is 0 Å². The Labute approximate surface area is 120 Å². The molecule has 1 aliphatic rings. The van der Waals surface area contributed by atoms with Gasteiger partial charge in [0.2, 0.25) is 0 Å². The summed E-state index contributed by atoms with van der Waals surface area (Å²) in [5.74, 6) is -0.113. The maximum Gasteiger partial charge on any atom is 0.270 e. The van der Waals surface area contributed by atoms with Gasteiger partial charge in [-0.25, -0.2) is 0 Å². The Hall–Kier alpha value is -1.46. The predicted molar refractivity (Wildman–Crippen MR) is 79.3 cm³/mol. The Morgan fingerprint density at radius 1 is 1.40 bits per heavy atom. The Morgan fingerprint density at radius 3 is 2.75 bits per heavy atom. The molecular formula is C15H24N4O. The number of pyridine rings is 1. The number of likely N-dealkylation sites (tertiary alicyclic amines) is 1. The van der Waals surface area contributed by atoms with E-state index in [0.29, 0.717) is 12.2 Å². The fourth-order valence-corrected chi connectivity index (χ4v) is 2.55. The molecule has 1 atom stereocenters. The van der Waals surface area contributed by atoms with Crippen molar-refractivity contribution in [1.29, 1.82) is 0 Å². The molecule has 0 aliphatic carbocycles. The number of nitrogens with two attached hydrogens (primary N) is 1. The van der Waals surface area contributed by atoms with Crippen molar-refractivity contribution in [3.8, 4) is 0 Å². The number of nitrogens with zero attached hydrogens (tertiary/aromatic N) is 2. The molecule has 3 N–H and O–H groups in total. The first-order chi connectivity index (χ1) is 9.69. The maximum atomic E-state index is 12.1. The molecule has 5 heteroatoms. The van der Waals surface area contributed by atoms with E-state index in [1.165, 1.54) is 19.3 Å². The summed E-state index contributed by atoms with van der Waals surface area (Å²) in [4.78, 5) is 18.6. The van der Waals surface area contributed by atoms with Crippen molar-refractivity contribution >= 4 is 5.91 Å². The third-order valence-corrected chi connectivity index (χ3v) is 3.65. The highest BCUT2D eigenvalue weighted by Gasteiger charge is 2.16. The zero-order chi connectivity index (χ0) is 14.4. The number of rotatable bonds is 5. The van der Waals surface area contributed by atoms with Gasteiger partial charge in [-0.3, -0.25) is 9.78 Å². The van der Waals surface area contributed by atoms with Gasteiger partial charge in [-0.1, -0.05) is 12.5 Å². The number of aromatic nitrogens is 1. The second kappa shape index (κ2) is 7.36. The van der Waals surface area contributed by atoms with Crippen LogP contribution < -0.4 is 11.1 Å². The van der Waals surface area contributed by atoms with Gasteiger partial charge in [0.25, 0.3) is 5.91 Å². The number of hydrogen-bond acceptors (Lipinski definition) is 4. The van der Waals surface area contributed by atoms with E-state index in [2.05, 4.69) is 15.2 Å². The van der Waals surface area contributed by atoms with E-state index in [1.807, 2.05) is 13.0 Å². The summed E-state index contributed by atoms with van der Waals surface area (Å²) in [5.41, 5.74) is 6.90. The number of carbonyl (C=O) groups excluding carboxylic acids is 1. The van der Waals surface area contributed by atoms with E-state index >= 15 is 0 Å². The Morgan fingerprint density at radius 2 is 2.15 bits per heavy atom. The van der Waals surface area contributed by atoms with Crippen LogP contribution in [0.2, 0.25) is 0 Å². The third-order valence-electron chi connectivity index (χ3n) is 3.65. The molecule has 1 amide bonds. The zero-order valence-corrected chi connectivity index (χ0v) is 12.1.